The fourth-order valence-corrected chi connectivity index (χ4v) is 2.41. The maximum absolute atomic E-state index is 11.5. The van der Waals surface area contributed by atoms with Gasteiger partial charge >= 0.3 is 0 Å². The van der Waals surface area contributed by atoms with Gasteiger partial charge in [-0.3, -0.25) is 4.79 Å². The van der Waals surface area contributed by atoms with Crippen LogP contribution in [0.3, 0.4) is 0 Å². The van der Waals surface area contributed by atoms with E-state index in [0.29, 0.717) is 11.7 Å². The van der Waals surface area contributed by atoms with Crippen molar-refractivity contribution in [1.29, 1.82) is 0 Å². The quantitative estimate of drug-likeness (QED) is 0.861. The van der Waals surface area contributed by atoms with Crippen LogP contribution in [0.4, 0.5) is 5.82 Å². The summed E-state index contributed by atoms with van der Waals surface area (Å²) in [7, 11) is 0. The first kappa shape index (κ1) is 11.4. The average molecular weight is 262 g/mol. The van der Waals surface area contributed by atoms with Crippen LogP contribution < -0.4 is 10.9 Å². The molecule has 0 aliphatic heterocycles. The molecule has 2 aromatic heterocycles. The number of nitrogens with one attached hydrogen (secondary N) is 2. The number of thiazole rings is 1. The molecule has 0 aromatic carbocycles. The number of H-pyrrole nitrogens is 1. The van der Waals surface area contributed by atoms with Crippen molar-refractivity contribution in [2.75, 3.05) is 11.9 Å². The van der Waals surface area contributed by atoms with Gasteiger partial charge in [0.1, 0.15) is 11.6 Å². The fourth-order valence-electron chi connectivity index (χ4n) is 1.79. The van der Waals surface area contributed by atoms with Crippen molar-refractivity contribution in [3.8, 4) is 0 Å². The standard InChI is InChI=1S/C12H14N4OS/c17-10-7-9(15-12(16-10)8-1-2-8)13-4-3-11-14-5-6-18-11/h5-8H,1-4H2,(H2,13,15,16,17). The molecule has 18 heavy (non-hydrogen) atoms. The van der Waals surface area contributed by atoms with Gasteiger partial charge in [-0.2, -0.15) is 0 Å². The normalized spacial score (nSPS) is 14.7. The van der Waals surface area contributed by atoms with Gasteiger partial charge in [-0.1, -0.05) is 0 Å². The SMILES string of the molecule is O=c1cc(NCCc2nccs2)nc(C2CC2)[nH]1. The molecule has 94 valence electrons. The van der Waals surface area contributed by atoms with Crippen molar-refractivity contribution in [2.45, 2.75) is 25.2 Å². The minimum atomic E-state index is -0.0800. The summed E-state index contributed by atoms with van der Waals surface area (Å²) < 4.78 is 0. The highest BCUT2D eigenvalue weighted by molar-refractivity contribution is 7.09. The smallest absolute Gasteiger partial charge is 0.252 e. The highest BCUT2D eigenvalue weighted by Gasteiger charge is 2.26. The number of hydrogen-bond acceptors (Lipinski definition) is 5. The Balaban J connectivity index is 1.63. The van der Waals surface area contributed by atoms with E-state index in [-0.39, 0.29) is 5.56 Å². The van der Waals surface area contributed by atoms with E-state index in [0.717, 1.165) is 36.6 Å². The Bertz CT molecular complexity index is 574. The predicted molar refractivity (Wildman–Crippen MR) is 71.1 cm³/mol. The summed E-state index contributed by atoms with van der Waals surface area (Å²) in [5.41, 5.74) is -0.0800. The van der Waals surface area contributed by atoms with Crippen molar-refractivity contribution in [3.05, 3.63) is 38.8 Å². The molecule has 6 heteroatoms. The van der Waals surface area contributed by atoms with Crippen molar-refractivity contribution in [3.63, 3.8) is 0 Å². The predicted octanol–water partition coefficient (Wildman–Crippen LogP) is 1.76. The average Bonchev–Trinajstić information content (AvgIpc) is 3.08. The number of aromatic nitrogens is 3. The maximum atomic E-state index is 11.5. The molecule has 1 saturated carbocycles. The third kappa shape index (κ3) is 2.76. The Kier molecular flexibility index (Phi) is 3.10. The number of anilines is 1. The molecule has 3 rings (SSSR count). The Hall–Kier alpha value is -1.69. The molecule has 5 nitrogen and oxygen atoms in total. The fraction of sp³-hybridized carbons (Fsp3) is 0.417. The molecule has 1 aliphatic rings. The van der Waals surface area contributed by atoms with E-state index in [4.69, 9.17) is 0 Å². The summed E-state index contributed by atoms with van der Waals surface area (Å²) in [6.45, 7) is 0.744. The van der Waals surface area contributed by atoms with Crippen LogP contribution in [0.15, 0.2) is 22.4 Å². The summed E-state index contributed by atoms with van der Waals surface area (Å²) in [6, 6.07) is 1.51. The van der Waals surface area contributed by atoms with Crippen LogP contribution in [-0.2, 0) is 6.42 Å². The second-order valence-corrected chi connectivity index (χ2v) is 5.37. The van der Waals surface area contributed by atoms with Crippen molar-refractivity contribution in [1.82, 2.24) is 15.0 Å². The second kappa shape index (κ2) is 4.89. The Morgan fingerprint density at radius 1 is 1.50 bits per heavy atom. The van der Waals surface area contributed by atoms with Gasteiger partial charge in [-0.05, 0) is 12.8 Å². The molecule has 1 aliphatic carbocycles. The zero-order valence-electron chi connectivity index (χ0n) is 9.85. The Morgan fingerprint density at radius 3 is 3.11 bits per heavy atom. The second-order valence-electron chi connectivity index (χ2n) is 4.39. The van der Waals surface area contributed by atoms with E-state index in [2.05, 4.69) is 20.3 Å². The van der Waals surface area contributed by atoms with Gasteiger partial charge in [-0.15, -0.1) is 11.3 Å². The lowest BCUT2D eigenvalue weighted by Gasteiger charge is -2.05. The van der Waals surface area contributed by atoms with Crippen LogP contribution in [0.5, 0.6) is 0 Å². The van der Waals surface area contributed by atoms with Gasteiger partial charge < -0.3 is 10.3 Å². The third-order valence-corrected chi connectivity index (χ3v) is 3.69. The number of nitrogens with zero attached hydrogens (tertiary/aromatic N) is 2. The van der Waals surface area contributed by atoms with Gasteiger partial charge in [0.25, 0.3) is 5.56 Å². The zero-order chi connectivity index (χ0) is 12.4. The first-order chi connectivity index (χ1) is 8.81. The van der Waals surface area contributed by atoms with E-state index >= 15 is 0 Å². The van der Waals surface area contributed by atoms with Gasteiger partial charge in [0, 0.05) is 36.5 Å². The molecule has 0 saturated heterocycles. The van der Waals surface area contributed by atoms with Crippen LogP contribution >= 0.6 is 11.3 Å². The highest BCUT2D eigenvalue weighted by atomic mass is 32.1. The first-order valence-electron chi connectivity index (χ1n) is 6.05. The third-order valence-electron chi connectivity index (χ3n) is 2.85. The minimum absolute atomic E-state index is 0.0800. The lowest BCUT2D eigenvalue weighted by atomic mass is 10.4. The van der Waals surface area contributed by atoms with Crippen molar-refractivity contribution in [2.24, 2.45) is 0 Å². The molecule has 0 amide bonds. The minimum Gasteiger partial charge on any atom is -0.369 e. The maximum Gasteiger partial charge on any atom is 0.252 e. The number of aromatic amines is 1. The van der Waals surface area contributed by atoms with Gasteiger partial charge in [0.05, 0.1) is 5.01 Å². The molecular weight excluding hydrogens is 248 g/mol. The molecule has 0 atom stereocenters. The molecule has 2 N–H and O–H groups in total. The van der Waals surface area contributed by atoms with E-state index in [1.807, 2.05) is 5.38 Å². The van der Waals surface area contributed by atoms with Gasteiger partial charge in [0.15, 0.2) is 0 Å². The van der Waals surface area contributed by atoms with Crippen LogP contribution in [0, 0.1) is 0 Å². The van der Waals surface area contributed by atoms with Gasteiger partial charge in [-0.25, -0.2) is 9.97 Å². The largest absolute Gasteiger partial charge is 0.369 e. The monoisotopic (exact) mass is 262 g/mol. The molecule has 2 heterocycles. The molecular formula is C12H14N4OS. The van der Waals surface area contributed by atoms with Crippen molar-refractivity contribution >= 4 is 17.2 Å². The molecule has 2 aromatic rings. The first-order valence-corrected chi connectivity index (χ1v) is 6.93. The van der Waals surface area contributed by atoms with E-state index in [1.54, 1.807) is 17.5 Å². The van der Waals surface area contributed by atoms with Crippen LogP contribution in [0.25, 0.3) is 0 Å². The Labute approximate surface area is 108 Å². The van der Waals surface area contributed by atoms with Crippen LogP contribution in [0.2, 0.25) is 0 Å². The van der Waals surface area contributed by atoms with Crippen molar-refractivity contribution < 1.29 is 0 Å². The number of hydrogen-bond donors (Lipinski definition) is 2. The summed E-state index contributed by atoms with van der Waals surface area (Å²) in [4.78, 5) is 22.9. The molecule has 0 unspecified atom stereocenters. The number of rotatable bonds is 5. The topological polar surface area (TPSA) is 70.7 Å². The summed E-state index contributed by atoms with van der Waals surface area (Å²) in [5, 5.41) is 6.24. The summed E-state index contributed by atoms with van der Waals surface area (Å²) in [6.07, 6.45) is 4.92. The summed E-state index contributed by atoms with van der Waals surface area (Å²) >= 11 is 1.64. The molecule has 1 fully saturated rings. The van der Waals surface area contributed by atoms with Crippen LogP contribution in [-0.4, -0.2) is 21.5 Å². The van der Waals surface area contributed by atoms with Gasteiger partial charge in [0.2, 0.25) is 0 Å². The Morgan fingerprint density at radius 2 is 2.39 bits per heavy atom. The lowest BCUT2D eigenvalue weighted by Crippen LogP contribution is -2.14. The van der Waals surface area contributed by atoms with E-state index < -0.39 is 0 Å². The zero-order valence-corrected chi connectivity index (χ0v) is 10.7. The summed E-state index contributed by atoms with van der Waals surface area (Å²) in [5.74, 6) is 1.94. The van der Waals surface area contributed by atoms with E-state index in [9.17, 15) is 4.79 Å². The molecule has 0 radical (unpaired) electrons. The van der Waals surface area contributed by atoms with Crippen LogP contribution in [0.1, 0.15) is 29.6 Å². The molecule has 0 bridgehead atoms. The van der Waals surface area contributed by atoms with E-state index in [1.165, 1.54) is 6.07 Å². The molecule has 0 spiro atoms. The lowest BCUT2D eigenvalue weighted by molar-refractivity contribution is 0.897. The highest BCUT2D eigenvalue weighted by Crippen LogP contribution is 2.37.